The summed E-state index contributed by atoms with van der Waals surface area (Å²) >= 11 is 0. The number of amides is 1. The number of aliphatic hydroxyl groups excluding tert-OH is 1. The monoisotopic (exact) mass is 291 g/mol. The van der Waals surface area contributed by atoms with Gasteiger partial charge in [-0.25, -0.2) is 4.79 Å². The summed E-state index contributed by atoms with van der Waals surface area (Å²) in [4.78, 5) is 11.7. The molecule has 1 aromatic carbocycles. The molecule has 21 heavy (non-hydrogen) atoms. The van der Waals surface area contributed by atoms with Gasteiger partial charge in [0.2, 0.25) is 0 Å². The first-order valence-corrected chi connectivity index (χ1v) is 7.85. The van der Waals surface area contributed by atoms with Crippen molar-refractivity contribution in [3.8, 4) is 0 Å². The Hall–Kier alpha value is -1.55. The molecule has 1 fully saturated rings. The fourth-order valence-corrected chi connectivity index (χ4v) is 2.97. The van der Waals surface area contributed by atoms with E-state index in [4.69, 9.17) is 4.74 Å². The molecule has 2 N–H and O–H groups in total. The SMILES string of the molecule is O=C(NCC(CO)C1CCCCC1)OCc1ccccc1. The van der Waals surface area contributed by atoms with Crippen molar-refractivity contribution in [2.75, 3.05) is 13.2 Å². The first-order chi connectivity index (χ1) is 10.3. The predicted octanol–water partition coefficient (Wildman–Crippen LogP) is 3.10. The van der Waals surface area contributed by atoms with E-state index < -0.39 is 6.09 Å². The van der Waals surface area contributed by atoms with E-state index in [2.05, 4.69) is 5.32 Å². The third kappa shape index (κ3) is 5.38. The summed E-state index contributed by atoms with van der Waals surface area (Å²) in [5, 5.41) is 12.3. The zero-order valence-corrected chi connectivity index (χ0v) is 12.5. The molecule has 0 spiro atoms. The van der Waals surface area contributed by atoms with Crippen LogP contribution in [0, 0.1) is 11.8 Å². The lowest BCUT2D eigenvalue weighted by molar-refractivity contribution is 0.121. The molecule has 0 aromatic heterocycles. The second-order valence-corrected chi connectivity index (χ2v) is 5.78. The van der Waals surface area contributed by atoms with E-state index >= 15 is 0 Å². The number of ether oxygens (including phenoxy) is 1. The Morgan fingerprint density at radius 1 is 1.24 bits per heavy atom. The van der Waals surface area contributed by atoms with Crippen LogP contribution < -0.4 is 5.32 Å². The van der Waals surface area contributed by atoms with Gasteiger partial charge in [-0.05, 0) is 11.5 Å². The van der Waals surface area contributed by atoms with Gasteiger partial charge in [0.15, 0.2) is 0 Å². The van der Waals surface area contributed by atoms with Crippen LogP contribution in [0.15, 0.2) is 30.3 Å². The van der Waals surface area contributed by atoms with Crippen molar-refractivity contribution >= 4 is 6.09 Å². The number of nitrogens with one attached hydrogen (secondary N) is 1. The number of hydrogen-bond acceptors (Lipinski definition) is 3. The Balaban J connectivity index is 1.69. The summed E-state index contributed by atoms with van der Waals surface area (Å²) in [7, 11) is 0. The maximum Gasteiger partial charge on any atom is 0.407 e. The van der Waals surface area contributed by atoms with E-state index in [1.165, 1.54) is 19.3 Å². The van der Waals surface area contributed by atoms with Gasteiger partial charge in [-0.3, -0.25) is 0 Å². The molecule has 1 aromatic rings. The largest absolute Gasteiger partial charge is 0.445 e. The molecule has 0 aliphatic heterocycles. The van der Waals surface area contributed by atoms with Gasteiger partial charge in [0.25, 0.3) is 0 Å². The molecule has 0 bridgehead atoms. The lowest BCUT2D eigenvalue weighted by Crippen LogP contribution is -2.35. The standard InChI is InChI=1S/C17H25NO3/c19-12-16(15-9-5-2-6-10-15)11-18-17(20)21-13-14-7-3-1-4-8-14/h1,3-4,7-8,15-16,19H,2,5-6,9-13H2,(H,18,20). The summed E-state index contributed by atoms with van der Waals surface area (Å²) in [6.45, 7) is 0.901. The van der Waals surface area contributed by atoms with E-state index in [1.54, 1.807) is 0 Å². The number of hydrogen-bond donors (Lipinski definition) is 2. The molecule has 116 valence electrons. The quantitative estimate of drug-likeness (QED) is 0.846. The van der Waals surface area contributed by atoms with Crippen molar-refractivity contribution in [1.82, 2.24) is 5.32 Å². The topological polar surface area (TPSA) is 58.6 Å². The van der Waals surface area contributed by atoms with Crippen LogP contribution in [0.3, 0.4) is 0 Å². The van der Waals surface area contributed by atoms with Crippen LogP contribution in [0.5, 0.6) is 0 Å². The smallest absolute Gasteiger partial charge is 0.407 e. The van der Waals surface area contributed by atoms with Crippen molar-refractivity contribution < 1.29 is 14.6 Å². The highest BCUT2D eigenvalue weighted by Gasteiger charge is 2.23. The van der Waals surface area contributed by atoms with Crippen molar-refractivity contribution in [2.24, 2.45) is 11.8 Å². The molecule has 1 saturated carbocycles. The summed E-state index contributed by atoms with van der Waals surface area (Å²) in [6, 6.07) is 9.61. The molecule has 2 rings (SSSR count). The lowest BCUT2D eigenvalue weighted by Gasteiger charge is -2.28. The molecule has 1 unspecified atom stereocenters. The second-order valence-electron chi connectivity index (χ2n) is 5.78. The summed E-state index contributed by atoms with van der Waals surface area (Å²) < 4.78 is 5.18. The molecule has 0 radical (unpaired) electrons. The van der Waals surface area contributed by atoms with Crippen molar-refractivity contribution in [3.05, 3.63) is 35.9 Å². The number of carbonyl (C=O) groups is 1. The molecule has 1 atom stereocenters. The summed E-state index contributed by atoms with van der Waals surface area (Å²) in [6.07, 6.45) is 5.67. The highest BCUT2D eigenvalue weighted by Crippen LogP contribution is 2.29. The second kappa shape index (κ2) is 8.67. The van der Waals surface area contributed by atoms with Gasteiger partial charge in [-0.2, -0.15) is 0 Å². The molecule has 1 aliphatic rings. The molecule has 4 nitrogen and oxygen atoms in total. The van der Waals surface area contributed by atoms with Crippen LogP contribution >= 0.6 is 0 Å². The van der Waals surface area contributed by atoms with Crippen LogP contribution in [0.25, 0.3) is 0 Å². The fraction of sp³-hybridized carbons (Fsp3) is 0.588. The van der Waals surface area contributed by atoms with Crippen molar-refractivity contribution in [2.45, 2.75) is 38.7 Å². The Kier molecular flexibility index (Phi) is 6.54. The van der Waals surface area contributed by atoms with E-state index in [1.807, 2.05) is 30.3 Å². The average Bonchev–Trinajstić information content (AvgIpc) is 2.55. The minimum atomic E-state index is -0.409. The van der Waals surface area contributed by atoms with Gasteiger partial charge >= 0.3 is 6.09 Å². The molecule has 1 amide bonds. The van der Waals surface area contributed by atoms with Crippen LogP contribution in [-0.2, 0) is 11.3 Å². The van der Waals surface area contributed by atoms with Gasteiger partial charge in [0, 0.05) is 19.1 Å². The Labute approximate surface area is 126 Å². The first kappa shape index (κ1) is 15.8. The lowest BCUT2D eigenvalue weighted by atomic mass is 9.80. The van der Waals surface area contributed by atoms with E-state index in [0.29, 0.717) is 12.5 Å². The summed E-state index contributed by atoms with van der Waals surface area (Å²) in [5.74, 6) is 0.674. The average molecular weight is 291 g/mol. The first-order valence-electron chi connectivity index (χ1n) is 7.85. The molecule has 0 saturated heterocycles. The van der Waals surface area contributed by atoms with Crippen molar-refractivity contribution in [1.29, 1.82) is 0 Å². The molecule has 0 heterocycles. The van der Waals surface area contributed by atoms with E-state index in [0.717, 1.165) is 18.4 Å². The Bertz CT molecular complexity index is 415. The number of carbonyl (C=O) groups excluding carboxylic acids is 1. The summed E-state index contributed by atoms with van der Waals surface area (Å²) in [5.41, 5.74) is 0.971. The van der Waals surface area contributed by atoms with Gasteiger partial charge in [-0.15, -0.1) is 0 Å². The molecule has 1 aliphatic carbocycles. The number of rotatable bonds is 6. The zero-order valence-electron chi connectivity index (χ0n) is 12.5. The Morgan fingerprint density at radius 3 is 2.62 bits per heavy atom. The normalized spacial score (nSPS) is 17.2. The molecular weight excluding hydrogens is 266 g/mol. The van der Waals surface area contributed by atoms with Crippen molar-refractivity contribution in [3.63, 3.8) is 0 Å². The van der Waals surface area contributed by atoms with Gasteiger partial charge < -0.3 is 15.2 Å². The van der Waals surface area contributed by atoms with Gasteiger partial charge in [-0.1, -0.05) is 62.4 Å². The fourth-order valence-electron chi connectivity index (χ4n) is 2.97. The Morgan fingerprint density at radius 2 is 1.95 bits per heavy atom. The minimum absolute atomic E-state index is 0.129. The van der Waals surface area contributed by atoms with E-state index in [-0.39, 0.29) is 19.1 Å². The van der Waals surface area contributed by atoms with E-state index in [9.17, 15) is 9.90 Å². The number of aliphatic hydroxyl groups is 1. The van der Waals surface area contributed by atoms with Gasteiger partial charge in [0.05, 0.1) is 0 Å². The zero-order chi connectivity index (χ0) is 14.9. The third-order valence-corrected chi connectivity index (χ3v) is 4.27. The minimum Gasteiger partial charge on any atom is -0.445 e. The van der Waals surface area contributed by atoms with Crippen LogP contribution in [0.1, 0.15) is 37.7 Å². The number of alkyl carbamates (subject to hydrolysis) is 1. The third-order valence-electron chi connectivity index (χ3n) is 4.27. The van der Waals surface area contributed by atoms with Crippen LogP contribution in [-0.4, -0.2) is 24.4 Å². The predicted molar refractivity (Wildman–Crippen MR) is 81.8 cm³/mol. The highest BCUT2D eigenvalue weighted by atomic mass is 16.5. The van der Waals surface area contributed by atoms with Crippen LogP contribution in [0.2, 0.25) is 0 Å². The highest BCUT2D eigenvalue weighted by molar-refractivity contribution is 5.67. The maximum absolute atomic E-state index is 11.7. The van der Waals surface area contributed by atoms with Crippen LogP contribution in [0.4, 0.5) is 4.79 Å². The molecular formula is C17H25NO3. The maximum atomic E-state index is 11.7. The number of benzene rings is 1. The van der Waals surface area contributed by atoms with Gasteiger partial charge in [0.1, 0.15) is 6.61 Å². The molecule has 4 heteroatoms.